The minimum Gasteiger partial charge on any atom is -0.369 e. The van der Waals surface area contributed by atoms with Crippen molar-refractivity contribution in [1.82, 2.24) is 19.8 Å². The minimum atomic E-state index is -4.42. The SMILES string of the molecule is CCCCNc1nc2c(-c3cccc(C(F)(F)F)c3)nnn2c2ccccc12. The maximum absolute atomic E-state index is 13.1. The molecule has 0 fully saturated rings. The third-order valence-corrected chi connectivity index (χ3v) is 4.54. The van der Waals surface area contributed by atoms with Gasteiger partial charge in [-0.1, -0.05) is 42.8 Å². The molecule has 1 N–H and O–H groups in total. The van der Waals surface area contributed by atoms with Crippen LogP contribution < -0.4 is 5.32 Å². The number of hydrogen-bond donors (Lipinski definition) is 1. The number of rotatable bonds is 5. The Balaban J connectivity index is 1.90. The highest BCUT2D eigenvalue weighted by atomic mass is 19.4. The molecule has 0 aliphatic carbocycles. The molecular formula is C20H18F3N5. The standard InChI is InChI=1S/C20H18F3N5/c1-2-3-11-24-18-15-9-4-5-10-16(15)28-19(25-18)17(26-27-28)13-7-6-8-14(12-13)20(21,22)23/h4-10,12H,2-3,11H2,1H3,(H,24,25). The van der Waals surface area contributed by atoms with Crippen LogP contribution in [0.3, 0.4) is 0 Å². The van der Waals surface area contributed by atoms with Gasteiger partial charge in [-0.15, -0.1) is 5.10 Å². The van der Waals surface area contributed by atoms with Gasteiger partial charge in [-0.3, -0.25) is 0 Å². The molecule has 0 bridgehead atoms. The first-order chi connectivity index (χ1) is 13.5. The maximum Gasteiger partial charge on any atom is 0.416 e. The molecule has 2 heterocycles. The van der Waals surface area contributed by atoms with Gasteiger partial charge in [-0.25, -0.2) is 4.98 Å². The Morgan fingerprint density at radius 2 is 1.89 bits per heavy atom. The van der Waals surface area contributed by atoms with Crippen LogP contribution in [0.15, 0.2) is 48.5 Å². The van der Waals surface area contributed by atoms with Crippen molar-refractivity contribution >= 4 is 22.4 Å². The molecule has 0 spiro atoms. The summed E-state index contributed by atoms with van der Waals surface area (Å²) in [6.07, 6.45) is -2.40. The first-order valence-electron chi connectivity index (χ1n) is 9.04. The molecule has 0 unspecified atom stereocenters. The molecule has 2 aromatic carbocycles. The molecule has 0 radical (unpaired) electrons. The third-order valence-electron chi connectivity index (χ3n) is 4.54. The number of anilines is 1. The monoisotopic (exact) mass is 385 g/mol. The summed E-state index contributed by atoms with van der Waals surface area (Å²) in [5.41, 5.74) is 1.12. The molecule has 0 aliphatic rings. The zero-order chi connectivity index (χ0) is 19.7. The fraction of sp³-hybridized carbons (Fsp3) is 0.250. The highest BCUT2D eigenvalue weighted by Gasteiger charge is 2.31. The molecule has 0 amide bonds. The van der Waals surface area contributed by atoms with E-state index in [4.69, 9.17) is 0 Å². The van der Waals surface area contributed by atoms with Gasteiger partial charge in [-0.05, 0) is 30.7 Å². The van der Waals surface area contributed by atoms with Gasteiger partial charge in [0.15, 0.2) is 5.65 Å². The van der Waals surface area contributed by atoms with Crippen LogP contribution in [-0.4, -0.2) is 26.4 Å². The van der Waals surface area contributed by atoms with Gasteiger partial charge < -0.3 is 5.32 Å². The van der Waals surface area contributed by atoms with Crippen molar-refractivity contribution in [2.24, 2.45) is 0 Å². The van der Waals surface area contributed by atoms with Gasteiger partial charge >= 0.3 is 6.18 Å². The van der Waals surface area contributed by atoms with Crippen LogP contribution in [0.2, 0.25) is 0 Å². The number of nitrogens with one attached hydrogen (secondary N) is 1. The average Bonchev–Trinajstić information content (AvgIpc) is 3.12. The molecule has 0 saturated heterocycles. The number of benzene rings is 2. The van der Waals surface area contributed by atoms with Crippen LogP contribution in [0.5, 0.6) is 0 Å². The summed E-state index contributed by atoms with van der Waals surface area (Å²) in [7, 11) is 0. The Hall–Kier alpha value is -3.16. The molecule has 5 nitrogen and oxygen atoms in total. The van der Waals surface area contributed by atoms with Crippen LogP contribution in [0, 0.1) is 0 Å². The molecule has 28 heavy (non-hydrogen) atoms. The van der Waals surface area contributed by atoms with E-state index in [9.17, 15) is 13.2 Å². The van der Waals surface area contributed by atoms with Crippen molar-refractivity contribution in [2.45, 2.75) is 25.9 Å². The van der Waals surface area contributed by atoms with Crippen molar-refractivity contribution in [3.63, 3.8) is 0 Å². The van der Waals surface area contributed by atoms with E-state index in [-0.39, 0.29) is 0 Å². The van der Waals surface area contributed by atoms with Crippen LogP contribution >= 0.6 is 0 Å². The lowest BCUT2D eigenvalue weighted by molar-refractivity contribution is -0.137. The predicted molar refractivity (Wildman–Crippen MR) is 102 cm³/mol. The van der Waals surface area contributed by atoms with Gasteiger partial charge in [0.2, 0.25) is 0 Å². The highest BCUT2D eigenvalue weighted by molar-refractivity contribution is 5.93. The molecule has 8 heteroatoms. The van der Waals surface area contributed by atoms with E-state index in [0.717, 1.165) is 42.4 Å². The Morgan fingerprint density at radius 3 is 2.68 bits per heavy atom. The number of halogens is 3. The van der Waals surface area contributed by atoms with Crippen LogP contribution in [0.25, 0.3) is 27.8 Å². The lowest BCUT2D eigenvalue weighted by Crippen LogP contribution is -2.06. The zero-order valence-electron chi connectivity index (χ0n) is 15.2. The predicted octanol–water partition coefficient (Wildman–Crippen LogP) is 5.18. The first-order valence-corrected chi connectivity index (χ1v) is 9.04. The van der Waals surface area contributed by atoms with Gasteiger partial charge in [-0.2, -0.15) is 17.7 Å². The number of nitrogens with zero attached hydrogens (tertiary/aromatic N) is 4. The number of para-hydroxylation sites is 1. The molecule has 0 aliphatic heterocycles. The van der Waals surface area contributed by atoms with E-state index in [1.807, 2.05) is 24.3 Å². The van der Waals surface area contributed by atoms with Crippen molar-refractivity contribution in [2.75, 3.05) is 11.9 Å². The normalized spacial score (nSPS) is 12.0. The smallest absolute Gasteiger partial charge is 0.369 e. The van der Waals surface area contributed by atoms with Gasteiger partial charge in [0, 0.05) is 17.5 Å². The van der Waals surface area contributed by atoms with Gasteiger partial charge in [0.1, 0.15) is 11.5 Å². The van der Waals surface area contributed by atoms with Gasteiger partial charge in [0.05, 0.1) is 11.1 Å². The molecule has 0 atom stereocenters. The first kappa shape index (κ1) is 18.2. The molecular weight excluding hydrogens is 367 g/mol. The number of fused-ring (bicyclic) bond motifs is 3. The lowest BCUT2D eigenvalue weighted by Gasteiger charge is -2.10. The van der Waals surface area contributed by atoms with E-state index in [2.05, 4.69) is 27.5 Å². The lowest BCUT2D eigenvalue weighted by atomic mass is 10.1. The Kier molecular flexibility index (Phi) is 4.62. The maximum atomic E-state index is 13.1. The second-order valence-corrected chi connectivity index (χ2v) is 6.51. The van der Waals surface area contributed by atoms with Crippen molar-refractivity contribution in [1.29, 1.82) is 0 Å². The quantitative estimate of drug-likeness (QED) is 0.481. The van der Waals surface area contributed by atoms with Crippen LogP contribution in [0.1, 0.15) is 25.3 Å². The number of aromatic nitrogens is 4. The third kappa shape index (κ3) is 3.26. The van der Waals surface area contributed by atoms with Crippen molar-refractivity contribution in [3.8, 4) is 11.3 Å². The Morgan fingerprint density at radius 1 is 1.07 bits per heavy atom. The summed E-state index contributed by atoms with van der Waals surface area (Å²) in [4.78, 5) is 4.65. The average molecular weight is 385 g/mol. The molecule has 4 rings (SSSR count). The summed E-state index contributed by atoms with van der Waals surface area (Å²) in [6, 6.07) is 12.7. The van der Waals surface area contributed by atoms with Crippen LogP contribution in [-0.2, 0) is 6.18 Å². The number of unbranched alkanes of at least 4 members (excludes halogenated alkanes) is 1. The minimum absolute atomic E-state index is 0.315. The van der Waals surface area contributed by atoms with Gasteiger partial charge in [0.25, 0.3) is 0 Å². The Bertz CT molecular complexity index is 1130. The van der Waals surface area contributed by atoms with E-state index in [1.54, 1.807) is 10.6 Å². The fourth-order valence-corrected chi connectivity index (χ4v) is 3.11. The Labute approximate surface area is 159 Å². The van der Waals surface area contributed by atoms with Crippen molar-refractivity contribution in [3.05, 3.63) is 54.1 Å². The number of alkyl halides is 3. The number of hydrogen-bond acceptors (Lipinski definition) is 4. The summed E-state index contributed by atoms with van der Waals surface area (Å²) in [5.74, 6) is 0.673. The summed E-state index contributed by atoms with van der Waals surface area (Å²) in [5, 5.41) is 12.5. The fourth-order valence-electron chi connectivity index (χ4n) is 3.11. The van der Waals surface area contributed by atoms with E-state index >= 15 is 0 Å². The molecule has 0 saturated carbocycles. The van der Waals surface area contributed by atoms with Crippen LogP contribution in [0.4, 0.5) is 19.0 Å². The topological polar surface area (TPSA) is 55.1 Å². The van der Waals surface area contributed by atoms with E-state index < -0.39 is 11.7 Å². The summed E-state index contributed by atoms with van der Waals surface area (Å²) >= 11 is 0. The van der Waals surface area contributed by atoms with Crippen molar-refractivity contribution < 1.29 is 13.2 Å². The summed E-state index contributed by atoms with van der Waals surface area (Å²) < 4.78 is 40.9. The second kappa shape index (κ2) is 7.10. The summed E-state index contributed by atoms with van der Waals surface area (Å²) in [6.45, 7) is 2.85. The van der Waals surface area contributed by atoms with E-state index in [0.29, 0.717) is 22.7 Å². The molecule has 2 aromatic heterocycles. The molecule has 4 aromatic rings. The zero-order valence-corrected chi connectivity index (χ0v) is 15.2. The molecule has 144 valence electrons. The largest absolute Gasteiger partial charge is 0.416 e. The second-order valence-electron chi connectivity index (χ2n) is 6.51. The van der Waals surface area contributed by atoms with E-state index in [1.165, 1.54) is 6.07 Å². The highest BCUT2D eigenvalue weighted by Crippen LogP contribution is 2.33.